The largest absolute Gasteiger partial charge is 0.170 e. The lowest BCUT2D eigenvalue weighted by Gasteiger charge is -2.46. The third-order valence-electron chi connectivity index (χ3n) is 3.24. The molecule has 0 N–H and O–H groups in total. The lowest BCUT2D eigenvalue weighted by molar-refractivity contribution is 0.828. The van der Waals surface area contributed by atoms with Crippen molar-refractivity contribution in [3.8, 4) is 11.2 Å². The molecule has 0 saturated carbocycles. The molecular weight excluding hydrogens is 212 g/mol. The minimum atomic E-state index is -0.788. The molecule has 16 heavy (non-hydrogen) atoms. The van der Waals surface area contributed by atoms with Gasteiger partial charge in [0, 0.05) is 6.42 Å². The normalized spacial score (nSPS) is 13.1. The van der Waals surface area contributed by atoms with Crippen LogP contribution in [0, 0.1) is 11.2 Å². The fourth-order valence-electron chi connectivity index (χ4n) is 2.43. The first-order chi connectivity index (χ1) is 7.39. The third kappa shape index (κ3) is 3.74. The van der Waals surface area contributed by atoms with E-state index in [1.807, 2.05) is 0 Å². The zero-order chi connectivity index (χ0) is 12.8. The van der Waals surface area contributed by atoms with Gasteiger partial charge in [0.05, 0.1) is 0 Å². The predicted molar refractivity (Wildman–Crippen MR) is 80.3 cm³/mol. The van der Waals surface area contributed by atoms with Crippen molar-refractivity contribution in [2.75, 3.05) is 0 Å². The highest BCUT2D eigenvalue weighted by Gasteiger charge is 2.32. The van der Waals surface area contributed by atoms with E-state index in [9.17, 15) is 0 Å². The summed E-state index contributed by atoms with van der Waals surface area (Å²) in [6, 6.07) is 0. The Balaban J connectivity index is 4.95. The minimum Gasteiger partial charge on any atom is -0.170 e. The Bertz CT molecular complexity index is 218. The van der Waals surface area contributed by atoms with Crippen LogP contribution in [0.4, 0.5) is 0 Å². The van der Waals surface area contributed by atoms with E-state index < -0.39 is 10.0 Å². The Morgan fingerprint density at radius 1 is 0.875 bits per heavy atom. The van der Waals surface area contributed by atoms with Gasteiger partial charge in [-0.25, -0.2) is 0 Å². The highest BCUT2D eigenvalue weighted by Crippen LogP contribution is 2.59. The Morgan fingerprint density at radius 3 is 1.62 bits per heavy atom. The molecule has 0 unspecified atom stereocenters. The summed E-state index contributed by atoms with van der Waals surface area (Å²) in [4.78, 5) is 0. The van der Waals surface area contributed by atoms with Crippen LogP contribution in [-0.4, -0.2) is 15.7 Å². The average molecular weight is 242 g/mol. The first-order valence-electron chi connectivity index (χ1n) is 6.69. The van der Waals surface area contributed by atoms with E-state index in [4.69, 9.17) is 0 Å². The molecule has 0 fully saturated rings. The van der Waals surface area contributed by atoms with Crippen LogP contribution in [0.2, 0.25) is 0 Å². The summed E-state index contributed by atoms with van der Waals surface area (Å²) < 4.78 is 0. The summed E-state index contributed by atoms with van der Waals surface area (Å²) in [5, 5.41) is 5.83. The molecule has 0 aliphatic heterocycles. The van der Waals surface area contributed by atoms with E-state index >= 15 is 0 Å². The van der Waals surface area contributed by atoms with Gasteiger partial charge in [-0.1, -0.05) is 66.1 Å². The van der Waals surface area contributed by atoms with Crippen LogP contribution >= 0.6 is 10.0 Å². The molecule has 0 rings (SSSR count). The monoisotopic (exact) mass is 242 g/mol. The molecule has 0 aromatic heterocycles. The maximum absolute atomic E-state index is 3.70. The molecule has 0 bridgehead atoms. The lowest BCUT2D eigenvalue weighted by atomic mass is 10.3. The SMILES string of the molecule is CCCCC#CS(C(C)C)(C(C)C)C(C)C. The van der Waals surface area contributed by atoms with Crippen LogP contribution in [-0.2, 0) is 0 Å². The number of unbranched alkanes of at least 4 members (excludes halogenated alkanes) is 2. The van der Waals surface area contributed by atoms with Gasteiger partial charge in [-0.15, -0.1) is 0 Å². The minimum absolute atomic E-state index is 0.710. The molecule has 0 aromatic carbocycles. The van der Waals surface area contributed by atoms with Gasteiger partial charge in [-0.2, -0.15) is 10.0 Å². The molecule has 0 atom stereocenters. The van der Waals surface area contributed by atoms with Crippen LogP contribution in [0.5, 0.6) is 0 Å². The number of rotatable bonds is 5. The van der Waals surface area contributed by atoms with Crippen molar-refractivity contribution < 1.29 is 0 Å². The van der Waals surface area contributed by atoms with E-state index in [0.717, 1.165) is 6.42 Å². The fraction of sp³-hybridized carbons (Fsp3) is 0.867. The average Bonchev–Trinajstić information content (AvgIpc) is 2.16. The summed E-state index contributed by atoms with van der Waals surface area (Å²) in [7, 11) is -0.788. The second kappa shape index (κ2) is 7.28. The zero-order valence-electron chi connectivity index (χ0n) is 12.3. The standard InChI is InChI=1S/C15H30S/c1-8-9-10-11-12-16(13(2)3,14(4)5)15(6)7/h13-15H,8-10H2,1-7H3. The molecule has 0 heterocycles. The molecule has 0 spiro atoms. The predicted octanol–water partition coefficient (Wildman–Crippen LogP) is 5.17. The third-order valence-corrected chi connectivity index (χ3v) is 8.42. The van der Waals surface area contributed by atoms with E-state index in [-0.39, 0.29) is 0 Å². The molecular formula is C15H30S. The van der Waals surface area contributed by atoms with E-state index in [1.165, 1.54) is 12.8 Å². The van der Waals surface area contributed by atoms with Gasteiger partial charge in [0.15, 0.2) is 0 Å². The zero-order valence-corrected chi connectivity index (χ0v) is 13.1. The Morgan fingerprint density at radius 2 is 1.31 bits per heavy atom. The van der Waals surface area contributed by atoms with Gasteiger partial charge in [0.25, 0.3) is 0 Å². The molecule has 0 aliphatic rings. The van der Waals surface area contributed by atoms with Crippen molar-refractivity contribution in [3.05, 3.63) is 0 Å². The van der Waals surface area contributed by atoms with Crippen LogP contribution in [0.25, 0.3) is 0 Å². The van der Waals surface area contributed by atoms with E-state index in [2.05, 4.69) is 59.6 Å². The molecule has 0 aromatic rings. The second-order valence-electron chi connectivity index (χ2n) is 5.29. The molecule has 0 saturated heterocycles. The molecule has 0 amide bonds. The van der Waals surface area contributed by atoms with Crippen molar-refractivity contribution in [1.82, 2.24) is 0 Å². The second-order valence-corrected chi connectivity index (χ2v) is 9.85. The van der Waals surface area contributed by atoms with Crippen LogP contribution < -0.4 is 0 Å². The molecule has 96 valence electrons. The van der Waals surface area contributed by atoms with Gasteiger partial charge in [0.1, 0.15) is 0 Å². The van der Waals surface area contributed by atoms with Crippen molar-refractivity contribution >= 4 is 10.0 Å². The summed E-state index contributed by atoms with van der Waals surface area (Å²) >= 11 is 0. The highest BCUT2D eigenvalue weighted by molar-refractivity contribution is 8.38. The number of hydrogen-bond donors (Lipinski definition) is 0. The number of hydrogen-bond acceptors (Lipinski definition) is 0. The topological polar surface area (TPSA) is 0 Å². The first-order valence-corrected chi connectivity index (χ1v) is 8.51. The van der Waals surface area contributed by atoms with E-state index in [1.54, 1.807) is 0 Å². The highest BCUT2D eigenvalue weighted by atomic mass is 32.3. The van der Waals surface area contributed by atoms with Crippen LogP contribution in [0.15, 0.2) is 0 Å². The first kappa shape index (κ1) is 15.9. The maximum atomic E-state index is 3.70. The van der Waals surface area contributed by atoms with Crippen molar-refractivity contribution in [2.24, 2.45) is 0 Å². The van der Waals surface area contributed by atoms with Crippen LogP contribution in [0.3, 0.4) is 0 Å². The Hall–Kier alpha value is -0.0900. The smallest absolute Gasteiger partial charge is 0.00970 e. The molecule has 1 heteroatoms. The Kier molecular flexibility index (Phi) is 7.24. The summed E-state index contributed by atoms with van der Waals surface area (Å²) in [6.07, 6.45) is 3.58. The van der Waals surface area contributed by atoms with Crippen molar-refractivity contribution in [3.63, 3.8) is 0 Å². The summed E-state index contributed by atoms with van der Waals surface area (Å²) in [5.74, 6) is 3.46. The molecule has 0 nitrogen and oxygen atoms in total. The Labute approximate surface area is 105 Å². The van der Waals surface area contributed by atoms with E-state index in [0.29, 0.717) is 15.7 Å². The molecule has 0 radical (unpaired) electrons. The van der Waals surface area contributed by atoms with Crippen molar-refractivity contribution in [1.29, 1.82) is 0 Å². The van der Waals surface area contributed by atoms with Gasteiger partial charge in [-0.3, -0.25) is 0 Å². The van der Waals surface area contributed by atoms with Gasteiger partial charge < -0.3 is 0 Å². The van der Waals surface area contributed by atoms with Crippen molar-refractivity contribution in [2.45, 2.75) is 83.5 Å². The van der Waals surface area contributed by atoms with Gasteiger partial charge >= 0.3 is 0 Å². The maximum Gasteiger partial charge on any atom is 0.00970 e. The summed E-state index contributed by atoms with van der Waals surface area (Å²) in [6.45, 7) is 16.3. The fourth-order valence-corrected chi connectivity index (χ4v) is 6.75. The lowest BCUT2D eigenvalue weighted by Crippen LogP contribution is -2.27. The van der Waals surface area contributed by atoms with Crippen LogP contribution in [0.1, 0.15) is 67.7 Å². The molecule has 0 aliphatic carbocycles. The quantitative estimate of drug-likeness (QED) is 0.461. The van der Waals surface area contributed by atoms with Gasteiger partial charge in [-0.05, 0) is 22.2 Å². The summed E-state index contributed by atoms with van der Waals surface area (Å²) in [5.41, 5.74) is 0. The van der Waals surface area contributed by atoms with Gasteiger partial charge in [0.2, 0.25) is 0 Å².